The zero-order valence-corrected chi connectivity index (χ0v) is 26.7. The summed E-state index contributed by atoms with van der Waals surface area (Å²) in [5, 5.41) is 14.1. The van der Waals surface area contributed by atoms with Crippen molar-refractivity contribution in [1.29, 1.82) is 0 Å². The topological polar surface area (TPSA) is 97.3 Å². The van der Waals surface area contributed by atoms with Gasteiger partial charge in [0, 0.05) is 41.2 Å². The maximum Gasteiger partial charge on any atom is 0.333 e. The smallest absolute Gasteiger partial charge is 0.333 e. The Morgan fingerprint density at radius 3 is 2.23 bits per heavy atom. The molecule has 232 valence electrons. The van der Waals surface area contributed by atoms with Crippen molar-refractivity contribution in [3.63, 3.8) is 0 Å². The number of carboxylic acids is 1. The number of nitrogens with one attached hydrogen (secondary N) is 1. The van der Waals surface area contributed by atoms with Gasteiger partial charge in [0.15, 0.2) is 6.10 Å². The second kappa shape index (κ2) is 18.2. The van der Waals surface area contributed by atoms with Crippen LogP contribution in [0.3, 0.4) is 0 Å². The van der Waals surface area contributed by atoms with Crippen LogP contribution in [0.15, 0.2) is 60.7 Å². The van der Waals surface area contributed by atoms with Crippen LogP contribution in [0, 0.1) is 0 Å². The molecule has 3 aromatic carbocycles. The van der Waals surface area contributed by atoms with Gasteiger partial charge in [0.05, 0.1) is 23.9 Å². The zero-order chi connectivity index (χ0) is 31.2. The van der Waals surface area contributed by atoms with E-state index in [2.05, 4.69) is 5.32 Å². The highest BCUT2D eigenvalue weighted by Gasteiger charge is 2.18. The summed E-state index contributed by atoms with van der Waals surface area (Å²) in [6, 6.07) is 17.0. The zero-order valence-electron chi connectivity index (χ0n) is 23.7. The van der Waals surface area contributed by atoms with Gasteiger partial charge in [-0.2, -0.15) is 0 Å². The van der Waals surface area contributed by atoms with E-state index >= 15 is 0 Å². The van der Waals surface area contributed by atoms with E-state index in [4.69, 9.17) is 60.6 Å². The summed E-state index contributed by atoms with van der Waals surface area (Å²) < 4.78 is 16.9. The number of carboxylic acid groups (broad SMARTS) is 1. The van der Waals surface area contributed by atoms with Crippen LogP contribution in [0.4, 0.5) is 10.5 Å². The first-order valence-electron chi connectivity index (χ1n) is 13.7. The minimum absolute atomic E-state index is 0.240. The third kappa shape index (κ3) is 12.4. The van der Waals surface area contributed by atoms with Crippen LogP contribution in [0.2, 0.25) is 20.1 Å². The number of ether oxygens (including phenoxy) is 3. The maximum absolute atomic E-state index is 13.2. The molecule has 3 rings (SSSR count). The molecule has 2 amide bonds. The number of hydrogen-bond donors (Lipinski definition) is 2. The van der Waals surface area contributed by atoms with Gasteiger partial charge in [-0.05, 0) is 79.4 Å². The van der Waals surface area contributed by atoms with Crippen LogP contribution in [-0.2, 0) is 27.3 Å². The molecule has 0 aliphatic carbocycles. The van der Waals surface area contributed by atoms with E-state index in [0.29, 0.717) is 70.9 Å². The van der Waals surface area contributed by atoms with E-state index in [9.17, 15) is 14.7 Å². The van der Waals surface area contributed by atoms with E-state index in [1.54, 1.807) is 60.4 Å². The van der Waals surface area contributed by atoms with Crippen molar-refractivity contribution in [2.24, 2.45) is 0 Å². The van der Waals surface area contributed by atoms with Crippen molar-refractivity contribution in [2.45, 2.75) is 38.9 Å². The molecule has 8 nitrogen and oxygen atoms in total. The predicted molar refractivity (Wildman–Crippen MR) is 171 cm³/mol. The summed E-state index contributed by atoms with van der Waals surface area (Å²) in [6.45, 7) is 3.97. The molecule has 0 radical (unpaired) electrons. The van der Waals surface area contributed by atoms with Gasteiger partial charge in [-0.3, -0.25) is 0 Å². The number of urea groups is 1. The lowest BCUT2D eigenvalue weighted by Gasteiger charge is -2.23. The van der Waals surface area contributed by atoms with Gasteiger partial charge >= 0.3 is 12.0 Å². The number of rotatable bonds is 17. The standard InChI is InChI=1S/C31H34Cl4N2O6/c1-2-42-29(30(38)39)17-21-5-8-26(9-6-21)43-14-12-37(31(40)36-28-10-7-23(32)19-27(28)35)11-3-4-13-41-20-22-15-24(33)18-25(34)16-22/h5-10,15-16,18-19,29H,2-4,11-14,17,20H2,1H3,(H,36,40)(H,38,39). The number of aliphatic carboxylic acids is 1. The fraction of sp³-hybridized carbons (Fsp3) is 0.355. The summed E-state index contributed by atoms with van der Waals surface area (Å²) in [4.78, 5) is 26.2. The molecule has 0 heterocycles. The van der Waals surface area contributed by atoms with Crippen molar-refractivity contribution in [3.8, 4) is 5.75 Å². The van der Waals surface area contributed by atoms with Crippen LogP contribution < -0.4 is 10.1 Å². The molecule has 12 heteroatoms. The Bertz CT molecular complexity index is 1320. The van der Waals surface area contributed by atoms with Crippen molar-refractivity contribution in [2.75, 3.05) is 38.2 Å². The lowest BCUT2D eigenvalue weighted by atomic mass is 10.1. The predicted octanol–water partition coefficient (Wildman–Crippen LogP) is 8.24. The average Bonchev–Trinajstić information content (AvgIpc) is 2.95. The van der Waals surface area contributed by atoms with Crippen LogP contribution in [-0.4, -0.2) is 61.0 Å². The Hall–Kier alpha value is -2.72. The summed E-state index contributed by atoms with van der Waals surface area (Å²) >= 11 is 24.3. The lowest BCUT2D eigenvalue weighted by Crippen LogP contribution is -2.38. The molecule has 0 saturated carbocycles. The fourth-order valence-corrected chi connectivity index (χ4v) is 5.15. The number of halogens is 4. The Morgan fingerprint density at radius 2 is 1.58 bits per heavy atom. The van der Waals surface area contributed by atoms with E-state index in [1.807, 2.05) is 12.1 Å². The number of anilines is 1. The van der Waals surface area contributed by atoms with Gasteiger partial charge in [0.25, 0.3) is 0 Å². The molecule has 1 unspecified atom stereocenters. The van der Waals surface area contributed by atoms with Crippen molar-refractivity contribution < 1.29 is 28.9 Å². The summed E-state index contributed by atoms with van der Waals surface area (Å²) in [5.41, 5.74) is 2.15. The third-order valence-electron chi connectivity index (χ3n) is 6.24. The number of carbonyl (C=O) groups excluding carboxylic acids is 1. The fourth-order valence-electron chi connectivity index (χ4n) is 4.12. The Kier molecular flexibility index (Phi) is 14.7. The molecular formula is C31H34Cl4N2O6. The highest BCUT2D eigenvalue weighted by atomic mass is 35.5. The van der Waals surface area contributed by atoms with Crippen molar-refractivity contribution >= 4 is 64.1 Å². The number of hydrogen-bond acceptors (Lipinski definition) is 5. The number of benzene rings is 3. The number of nitrogens with zero attached hydrogens (tertiary/aromatic N) is 1. The van der Waals surface area contributed by atoms with Gasteiger partial charge in [-0.15, -0.1) is 0 Å². The van der Waals surface area contributed by atoms with Crippen LogP contribution >= 0.6 is 46.4 Å². The largest absolute Gasteiger partial charge is 0.492 e. The normalized spacial score (nSPS) is 11.7. The number of amides is 2. The van der Waals surface area contributed by atoms with Crippen molar-refractivity contribution in [3.05, 3.63) is 91.9 Å². The molecule has 3 aromatic rings. The van der Waals surface area contributed by atoms with Gasteiger partial charge < -0.3 is 29.5 Å². The SMILES string of the molecule is CCOC(Cc1ccc(OCCN(CCCCOCc2cc(Cl)cc(Cl)c2)C(=O)Nc2ccc(Cl)cc2Cl)cc1)C(=O)O. The molecule has 0 spiro atoms. The molecule has 43 heavy (non-hydrogen) atoms. The molecule has 0 aromatic heterocycles. The Labute approximate surface area is 271 Å². The molecular weight excluding hydrogens is 638 g/mol. The van der Waals surface area contributed by atoms with E-state index < -0.39 is 12.1 Å². The highest BCUT2D eigenvalue weighted by molar-refractivity contribution is 6.36. The van der Waals surface area contributed by atoms with Gasteiger partial charge in [0.2, 0.25) is 0 Å². The third-order valence-corrected chi connectivity index (χ3v) is 7.22. The van der Waals surface area contributed by atoms with Crippen LogP contribution in [0.1, 0.15) is 30.9 Å². The Balaban J connectivity index is 1.52. The first-order valence-corrected chi connectivity index (χ1v) is 15.3. The van der Waals surface area contributed by atoms with E-state index in [0.717, 1.165) is 17.5 Å². The second-order valence-corrected chi connectivity index (χ2v) is 11.3. The molecule has 0 saturated heterocycles. The molecule has 0 fully saturated rings. The summed E-state index contributed by atoms with van der Waals surface area (Å²) in [7, 11) is 0. The minimum Gasteiger partial charge on any atom is -0.492 e. The van der Waals surface area contributed by atoms with Gasteiger partial charge in [-0.25, -0.2) is 9.59 Å². The quantitative estimate of drug-likeness (QED) is 0.140. The molecule has 0 aliphatic rings. The lowest BCUT2D eigenvalue weighted by molar-refractivity contribution is -0.149. The van der Waals surface area contributed by atoms with Crippen molar-refractivity contribution in [1.82, 2.24) is 4.90 Å². The summed E-state index contributed by atoms with van der Waals surface area (Å²) in [5.74, 6) is -0.402. The number of carbonyl (C=O) groups is 2. The van der Waals surface area contributed by atoms with Crippen LogP contribution in [0.5, 0.6) is 5.75 Å². The second-order valence-electron chi connectivity index (χ2n) is 9.56. The minimum atomic E-state index is -1.00. The first-order chi connectivity index (χ1) is 20.6. The summed E-state index contributed by atoms with van der Waals surface area (Å²) in [6.07, 6.45) is 0.762. The molecule has 1 atom stereocenters. The number of unbranched alkanes of at least 4 members (excludes halogenated alkanes) is 1. The van der Waals surface area contributed by atoms with Crippen LogP contribution in [0.25, 0.3) is 0 Å². The highest BCUT2D eigenvalue weighted by Crippen LogP contribution is 2.26. The molecule has 0 bridgehead atoms. The van der Waals surface area contributed by atoms with Gasteiger partial charge in [0.1, 0.15) is 12.4 Å². The molecule has 0 aliphatic heterocycles. The molecule has 2 N–H and O–H groups in total. The monoisotopic (exact) mass is 670 g/mol. The average molecular weight is 672 g/mol. The van der Waals surface area contributed by atoms with E-state index in [1.165, 1.54) is 0 Å². The Morgan fingerprint density at radius 1 is 0.860 bits per heavy atom. The first kappa shape index (κ1) is 34.8. The van der Waals surface area contributed by atoms with Gasteiger partial charge in [-0.1, -0.05) is 58.5 Å². The maximum atomic E-state index is 13.2. The van der Waals surface area contributed by atoms with E-state index in [-0.39, 0.29) is 19.1 Å².